The maximum atomic E-state index is 13.0. The Morgan fingerprint density at radius 1 is 1.07 bits per heavy atom. The van der Waals surface area contributed by atoms with Crippen molar-refractivity contribution in [2.24, 2.45) is 0 Å². The number of rotatable bonds is 7. The summed E-state index contributed by atoms with van der Waals surface area (Å²) in [7, 11) is 0. The molecule has 6 nitrogen and oxygen atoms in total. The molecule has 28 heavy (non-hydrogen) atoms. The molecule has 3 rings (SSSR count). The maximum absolute atomic E-state index is 13.0. The van der Waals surface area contributed by atoms with E-state index in [-0.39, 0.29) is 29.4 Å². The zero-order chi connectivity index (χ0) is 20.1. The van der Waals surface area contributed by atoms with Crippen LogP contribution in [0.15, 0.2) is 47.4 Å². The van der Waals surface area contributed by atoms with E-state index in [1.54, 1.807) is 12.1 Å². The minimum absolute atomic E-state index is 0.0639. The third kappa shape index (κ3) is 5.56. The van der Waals surface area contributed by atoms with Crippen molar-refractivity contribution in [2.75, 3.05) is 17.7 Å². The maximum Gasteiger partial charge on any atom is 0.586 e. The Bertz CT molecular complexity index is 876. The molecule has 2 aromatic rings. The number of anilines is 1. The summed E-state index contributed by atoms with van der Waals surface area (Å²) < 4.78 is 52.1. The predicted molar refractivity (Wildman–Crippen MR) is 94.0 cm³/mol. The number of thioether (sulfide) groups is 1. The van der Waals surface area contributed by atoms with Crippen LogP contribution in [0, 0.1) is 5.82 Å². The van der Waals surface area contributed by atoms with Gasteiger partial charge in [0.2, 0.25) is 0 Å². The number of hydrogen-bond donors (Lipinski definition) is 1. The fourth-order valence-corrected chi connectivity index (χ4v) is 3.06. The number of esters is 1. The summed E-state index contributed by atoms with van der Waals surface area (Å²) in [4.78, 5) is 24.3. The van der Waals surface area contributed by atoms with Gasteiger partial charge >= 0.3 is 12.3 Å². The fraction of sp³-hybridized carbons (Fsp3) is 0.222. The summed E-state index contributed by atoms with van der Waals surface area (Å²) in [5, 5.41) is 2.40. The normalized spacial score (nSPS) is 13.8. The topological polar surface area (TPSA) is 73.9 Å². The van der Waals surface area contributed by atoms with Gasteiger partial charge in [-0.1, -0.05) is 0 Å². The van der Waals surface area contributed by atoms with Crippen LogP contribution in [0.2, 0.25) is 0 Å². The van der Waals surface area contributed by atoms with Crippen molar-refractivity contribution >= 4 is 29.3 Å². The van der Waals surface area contributed by atoms with Gasteiger partial charge in [-0.3, -0.25) is 9.59 Å². The predicted octanol–water partition coefficient (Wildman–Crippen LogP) is 3.81. The summed E-state index contributed by atoms with van der Waals surface area (Å²) >= 11 is 1.35. The number of alkyl halides is 2. The molecule has 1 N–H and O–H groups in total. The SMILES string of the molecule is O=C(COC(=O)CCSc1ccc(F)cc1)Nc1ccc2c(c1)OC(F)(F)O2. The van der Waals surface area contributed by atoms with E-state index in [1.807, 2.05) is 0 Å². The summed E-state index contributed by atoms with van der Waals surface area (Å²) in [6.07, 6.45) is -3.68. The van der Waals surface area contributed by atoms with Crippen LogP contribution in [-0.4, -0.2) is 30.5 Å². The van der Waals surface area contributed by atoms with Crippen molar-refractivity contribution in [2.45, 2.75) is 17.6 Å². The molecule has 0 radical (unpaired) electrons. The van der Waals surface area contributed by atoms with E-state index in [9.17, 15) is 22.8 Å². The third-order valence-corrected chi connectivity index (χ3v) is 4.45. The molecule has 0 unspecified atom stereocenters. The highest BCUT2D eigenvalue weighted by molar-refractivity contribution is 7.99. The molecule has 0 fully saturated rings. The van der Waals surface area contributed by atoms with Crippen LogP contribution in [0.3, 0.4) is 0 Å². The molecular weight excluding hydrogens is 399 g/mol. The van der Waals surface area contributed by atoms with Gasteiger partial charge in [0.1, 0.15) is 5.82 Å². The van der Waals surface area contributed by atoms with E-state index in [1.165, 1.54) is 42.1 Å². The van der Waals surface area contributed by atoms with Crippen molar-refractivity contribution in [3.05, 3.63) is 48.3 Å². The second-order valence-electron chi connectivity index (χ2n) is 5.59. The quantitative estimate of drug-likeness (QED) is 0.550. The molecule has 0 bridgehead atoms. The standard InChI is InChI=1S/C18H14F3NO5S/c19-11-1-4-13(5-2-11)28-8-7-17(24)25-10-16(23)22-12-3-6-14-15(9-12)27-18(20,21)26-14/h1-6,9H,7-8,10H2,(H,22,23). The van der Waals surface area contributed by atoms with Gasteiger partial charge in [-0.2, -0.15) is 0 Å². The van der Waals surface area contributed by atoms with Gasteiger partial charge in [0.25, 0.3) is 5.91 Å². The lowest BCUT2D eigenvalue weighted by atomic mass is 10.3. The zero-order valence-electron chi connectivity index (χ0n) is 14.2. The highest BCUT2D eigenvalue weighted by atomic mass is 32.2. The van der Waals surface area contributed by atoms with E-state index in [0.29, 0.717) is 5.75 Å². The van der Waals surface area contributed by atoms with Gasteiger partial charge in [0.15, 0.2) is 18.1 Å². The van der Waals surface area contributed by atoms with Crippen LogP contribution in [0.25, 0.3) is 0 Å². The number of carbonyl (C=O) groups is 2. The molecule has 1 amide bonds. The molecule has 0 atom stereocenters. The second-order valence-corrected chi connectivity index (χ2v) is 6.76. The second kappa shape index (κ2) is 8.42. The van der Waals surface area contributed by atoms with Gasteiger partial charge in [0.05, 0.1) is 6.42 Å². The van der Waals surface area contributed by atoms with E-state index in [4.69, 9.17) is 4.74 Å². The Hall–Kier alpha value is -2.88. The number of nitrogens with one attached hydrogen (secondary N) is 1. The number of carbonyl (C=O) groups excluding carboxylic acids is 2. The Morgan fingerprint density at radius 2 is 1.79 bits per heavy atom. The van der Waals surface area contributed by atoms with E-state index in [2.05, 4.69) is 14.8 Å². The molecule has 0 aliphatic carbocycles. The first-order valence-electron chi connectivity index (χ1n) is 8.04. The lowest BCUT2D eigenvalue weighted by molar-refractivity contribution is -0.286. The van der Waals surface area contributed by atoms with Crippen molar-refractivity contribution < 1.29 is 37.0 Å². The summed E-state index contributed by atoms with van der Waals surface area (Å²) in [5.41, 5.74) is 0.188. The van der Waals surface area contributed by atoms with Gasteiger partial charge in [0, 0.05) is 22.4 Å². The highest BCUT2D eigenvalue weighted by Crippen LogP contribution is 2.42. The Labute approximate surface area is 162 Å². The van der Waals surface area contributed by atoms with E-state index >= 15 is 0 Å². The largest absolute Gasteiger partial charge is 0.586 e. The minimum Gasteiger partial charge on any atom is -0.456 e. The van der Waals surface area contributed by atoms with Crippen LogP contribution in [0.5, 0.6) is 11.5 Å². The molecule has 0 spiro atoms. The van der Waals surface area contributed by atoms with Gasteiger partial charge in [-0.25, -0.2) is 4.39 Å². The van der Waals surface area contributed by atoms with Crippen molar-refractivity contribution in [1.29, 1.82) is 0 Å². The van der Waals surface area contributed by atoms with Crippen molar-refractivity contribution in [3.8, 4) is 11.5 Å². The fourth-order valence-electron chi connectivity index (χ4n) is 2.23. The van der Waals surface area contributed by atoms with Crippen LogP contribution < -0.4 is 14.8 Å². The molecule has 10 heteroatoms. The van der Waals surface area contributed by atoms with Gasteiger partial charge in [-0.15, -0.1) is 20.5 Å². The number of amides is 1. The molecule has 2 aromatic carbocycles. The lowest BCUT2D eigenvalue weighted by Gasteiger charge is -2.07. The molecule has 148 valence electrons. The lowest BCUT2D eigenvalue weighted by Crippen LogP contribution is -2.25. The van der Waals surface area contributed by atoms with Crippen molar-refractivity contribution in [3.63, 3.8) is 0 Å². The molecule has 1 aliphatic rings. The average molecular weight is 413 g/mol. The first kappa shape index (κ1) is 19.9. The van der Waals surface area contributed by atoms with Crippen LogP contribution >= 0.6 is 11.8 Å². The zero-order valence-corrected chi connectivity index (χ0v) is 15.1. The molecular formula is C18H14F3NO5S. The number of hydrogen-bond acceptors (Lipinski definition) is 6. The molecule has 0 aromatic heterocycles. The van der Waals surface area contributed by atoms with Crippen LogP contribution in [0.4, 0.5) is 18.9 Å². The molecule has 1 aliphatic heterocycles. The Morgan fingerprint density at radius 3 is 2.54 bits per heavy atom. The molecule has 1 heterocycles. The number of ether oxygens (including phenoxy) is 3. The number of benzene rings is 2. The third-order valence-electron chi connectivity index (χ3n) is 3.44. The van der Waals surface area contributed by atoms with Gasteiger partial charge in [-0.05, 0) is 36.4 Å². The number of fused-ring (bicyclic) bond motifs is 1. The van der Waals surface area contributed by atoms with Crippen molar-refractivity contribution in [1.82, 2.24) is 0 Å². The van der Waals surface area contributed by atoms with Gasteiger partial charge < -0.3 is 19.5 Å². The minimum atomic E-state index is -3.74. The average Bonchev–Trinajstić information content (AvgIpc) is 2.95. The molecule has 0 saturated heterocycles. The molecule has 0 saturated carbocycles. The summed E-state index contributed by atoms with van der Waals surface area (Å²) in [6, 6.07) is 9.59. The monoisotopic (exact) mass is 413 g/mol. The van der Waals surface area contributed by atoms with Crippen LogP contribution in [-0.2, 0) is 14.3 Å². The van der Waals surface area contributed by atoms with Crippen LogP contribution in [0.1, 0.15) is 6.42 Å². The Balaban J connectivity index is 1.38. The summed E-state index contributed by atoms with van der Waals surface area (Å²) in [5.74, 6) is -1.50. The first-order chi connectivity index (χ1) is 13.3. The smallest absolute Gasteiger partial charge is 0.456 e. The number of halogens is 3. The highest BCUT2D eigenvalue weighted by Gasteiger charge is 2.43. The summed E-state index contributed by atoms with van der Waals surface area (Å²) in [6.45, 7) is -0.523. The first-order valence-corrected chi connectivity index (χ1v) is 9.03. The van der Waals surface area contributed by atoms with E-state index in [0.717, 1.165) is 4.90 Å². The van der Waals surface area contributed by atoms with E-state index < -0.39 is 24.8 Å². The Kier molecular flexibility index (Phi) is 5.98.